The van der Waals surface area contributed by atoms with E-state index >= 15 is 0 Å². The second kappa shape index (κ2) is 5.65. The lowest BCUT2D eigenvalue weighted by Crippen LogP contribution is -2.57. The lowest BCUT2D eigenvalue weighted by atomic mass is 9.96. The van der Waals surface area contributed by atoms with Crippen molar-refractivity contribution in [2.24, 2.45) is 0 Å². The van der Waals surface area contributed by atoms with Gasteiger partial charge in [-0.15, -0.1) is 0 Å². The van der Waals surface area contributed by atoms with Gasteiger partial charge in [-0.2, -0.15) is 13.1 Å². The highest BCUT2D eigenvalue weighted by molar-refractivity contribution is 7.88. The van der Waals surface area contributed by atoms with Gasteiger partial charge in [0.05, 0.1) is 7.11 Å². The van der Waals surface area contributed by atoms with Crippen molar-refractivity contribution >= 4 is 16.3 Å². The van der Waals surface area contributed by atoms with E-state index < -0.39 is 16.3 Å². The van der Waals surface area contributed by atoms with E-state index in [1.807, 2.05) is 13.8 Å². The average molecular weight is 265 g/mol. The largest absolute Gasteiger partial charge is 0.452 e. The summed E-state index contributed by atoms with van der Waals surface area (Å²) in [6.45, 7) is 3.95. The van der Waals surface area contributed by atoms with Crippen LogP contribution in [0.25, 0.3) is 0 Å². The molecule has 3 N–H and O–H groups in total. The van der Waals surface area contributed by atoms with Crippen LogP contribution in [0.3, 0.4) is 0 Å². The molecule has 1 aliphatic heterocycles. The summed E-state index contributed by atoms with van der Waals surface area (Å²) < 4.78 is 31.5. The Kier molecular flexibility index (Phi) is 4.72. The monoisotopic (exact) mass is 265 g/mol. The normalized spacial score (nSPS) is 29.7. The summed E-state index contributed by atoms with van der Waals surface area (Å²) in [7, 11) is -2.75. The van der Waals surface area contributed by atoms with Gasteiger partial charge in [-0.3, -0.25) is 0 Å². The molecule has 0 aromatic heterocycles. The van der Waals surface area contributed by atoms with Crippen LogP contribution in [0, 0.1) is 0 Å². The number of nitrogens with one attached hydrogen (secondary N) is 3. The Morgan fingerprint density at radius 1 is 1.35 bits per heavy atom. The molecular weight excluding hydrogens is 246 g/mol. The standard InChI is InChI=1S/C9H19N3O4S/c1-6-4-5-8(7(2)10-6)11-17(14,15)12-9(13)16-3/h6-8,10-11H,4-5H2,1-3H3,(H,12,13). The molecule has 0 bridgehead atoms. The molecule has 0 aliphatic carbocycles. The molecule has 1 saturated heterocycles. The summed E-state index contributed by atoms with van der Waals surface area (Å²) in [5.74, 6) is 0. The van der Waals surface area contributed by atoms with Crippen LogP contribution >= 0.6 is 0 Å². The fourth-order valence-corrected chi connectivity index (χ4v) is 2.95. The van der Waals surface area contributed by atoms with Gasteiger partial charge in [0, 0.05) is 18.1 Å². The first kappa shape index (κ1) is 14.2. The lowest BCUT2D eigenvalue weighted by molar-refractivity contribution is 0.177. The van der Waals surface area contributed by atoms with Crippen LogP contribution in [0.2, 0.25) is 0 Å². The maximum atomic E-state index is 11.5. The number of piperidine rings is 1. The highest BCUT2D eigenvalue weighted by Crippen LogP contribution is 2.13. The van der Waals surface area contributed by atoms with Crippen molar-refractivity contribution in [3.63, 3.8) is 0 Å². The third kappa shape index (κ3) is 4.49. The van der Waals surface area contributed by atoms with E-state index in [0.29, 0.717) is 6.04 Å². The van der Waals surface area contributed by atoms with Gasteiger partial charge in [-0.25, -0.2) is 9.52 Å². The van der Waals surface area contributed by atoms with Crippen molar-refractivity contribution < 1.29 is 17.9 Å². The molecule has 0 spiro atoms. The number of hydrogen-bond acceptors (Lipinski definition) is 5. The Morgan fingerprint density at radius 3 is 2.53 bits per heavy atom. The number of ether oxygens (including phenoxy) is 1. The van der Waals surface area contributed by atoms with Crippen LogP contribution in [0.1, 0.15) is 26.7 Å². The average Bonchev–Trinajstić information content (AvgIpc) is 2.21. The van der Waals surface area contributed by atoms with Gasteiger partial charge in [-0.1, -0.05) is 0 Å². The smallest absolute Gasteiger partial charge is 0.421 e. The van der Waals surface area contributed by atoms with E-state index in [0.717, 1.165) is 20.0 Å². The number of hydrogen-bond donors (Lipinski definition) is 3. The van der Waals surface area contributed by atoms with E-state index in [2.05, 4.69) is 14.8 Å². The van der Waals surface area contributed by atoms with Crippen LogP contribution in [0.4, 0.5) is 4.79 Å². The first-order valence-electron chi connectivity index (χ1n) is 5.48. The molecule has 0 radical (unpaired) electrons. The van der Waals surface area contributed by atoms with Gasteiger partial charge in [0.15, 0.2) is 0 Å². The molecular formula is C9H19N3O4S. The molecule has 7 nitrogen and oxygen atoms in total. The molecule has 1 aliphatic rings. The zero-order chi connectivity index (χ0) is 13.1. The van der Waals surface area contributed by atoms with Gasteiger partial charge < -0.3 is 10.1 Å². The number of amides is 1. The quantitative estimate of drug-likeness (QED) is 0.651. The minimum Gasteiger partial charge on any atom is -0.452 e. The summed E-state index contributed by atoms with van der Waals surface area (Å²) in [6, 6.07) is 0.167. The molecule has 1 fully saturated rings. The minimum atomic E-state index is -3.86. The van der Waals surface area contributed by atoms with Crippen molar-refractivity contribution in [2.75, 3.05) is 7.11 Å². The summed E-state index contributed by atoms with van der Waals surface area (Å²) in [6.07, 6.45) is 0.620. The van der Waals surface area contributed by atoms with Crippen LogP contribution in [-0.4, -0.2) is 39.7 Å². The van der Waals surface area contributed by atoms with Crippen LogP contribution in [0.15, 0.2) is 0 Å². The minimum absolute atomic E-state index is 0.0213. The van der Waals surface area contributed by atoms with Crippen molar-refractivity contribution in [1.82, 2.24) is 14.8 Å². The molecule has 0 aromatic rings. The molecule has 17 heavy (non-hydrogen) atoms. The second-order valence-corrected chi connectivity index (χ2v) is 5.70. The summed E-state index contributed by atoms with van der Waals surface area (Å²) in [4.78, 5) is 10.8. The molecule has 3 unspecified atom stereocenters. The van der Waals surface area contributed by atoms with E-state index in [9.17, 15) is 13.2 Å². The predicted octanol–water partition coefficient (Wildman–Crippen LogP) is -0.294. The summed E-state index contributed by atoms with van der Waals surface area (Å²) in [5.41, 5.74) is 0. The third-order valence-corrected chi connectivity index (χ3v) is 3.82. The Balaban J connectivity index is 2.55. The predicted molar refractivity (Wildman–Crippen MR) is 62.7 cm³/mol. The molecule has 0 aromatic carbocycles. The summed E-state index contributed by atoms with van der Waals surface area (Å²) in [5, 5.41) is 3.25. The zero-order valence-electron chi connectivity index (χ0n) is 10.2. The molecule has 100 valence electrons. The highest BCUT2D eigenvalue weighted by atomic mass is 32.2. The highest BCUT2D eigenvalue weighted by Gasteiger charge is 2.28. The van der Waals surface area contributed by atoms with Crippen molar-refractivity contribution in [2.45, 2.75) is 44.8 Å². The number of carbonyl (C=O) groups excluding carboxylic acids is 1. The maximum absolute atomic E-state index is 11.5. The van der Waals surface area contributed by atoms with Gasteiger partial charge >= 0.3 is 16.3 Å². The van der Waals surface area contributed by atoms with Crippen LogP contribution in [-0.2, 0) is 14.9 Å². The van der Waals surface area contributed by atoms with Gasteiger partial charge in [-0.05, 0) is 26.7 Å². The van der Waals surface area contributed by atoms with E-state index in [-0.39, 0.29) is 12.1 Å². The second-order valence-electron chi connectivity index (χ2n) is 4.26. The van der Waals surface area contributed by atoms with Crippen LogP contribution in [0.5, 0.6) is 0 Å². The third-order valence-electron chi connectivity index (χ3n) is 2.77. The molecule has 1 rings (SSSR count). The Morgan fingerprint density at radius 2 is 2.00 bits per heavy atom. The summed E-state index contributed by atoms with van der Waals surface area (Å²) >= 11 is 0. The van der Waals surface area contributed by atoms with Crippen molar-refractivity contribution in [3.8, 4) is 0 Å². The first-order chi connectivity index (χ1) is 7.84. The number of carbonyl (C=O) groups is 1. The van der Waals surface area contributed by atoms with Crippen LogP contribution < -0.4 is 14.8 Å². The van der Waals surface area contributed by atoms with E-state index in [1.54, 1.807) is 4.72 Å². The van der Waals surface area contributed by atoms with Crippen molar-refractivity contribution in [3.05, 3.63) is 0 Å². The SMILES string of the molecule is COC(=O)NS(=O)(=O)NC1CCC(C)NC1C. The van der Waals surface area contributed by atoms with Gasteiger partial charge in [0.25, 0.3) is 0 Å². The lowest BCUT2D eigenvalue weighted by Gasteiger charge is -2.34. The number of rotatable bonds is 3. The van der Waals surface area contributed by atoms with Crippen molar-refractivity contribution in [1.29, 1.82) is 0 Å². The molecule has 8 heteroatoms. The fraction of sp³-hybridized carbons (Fsp3) is 0.889. The van der Waals surface area contributed by atoms with E-state index in [4.69, 9.17) is 0 Å². The number of methoxy groups -OCH3 is 1. The van der Waals surface area contributed by atoms with Gasteiger partial charge in [0.2, 0.25) is 0 Å². The Labute approximate surface area is 101 Å². The molecule has 1 heterocycles. The maximum Gasteiger partial charge on any atom is 0.421 e. The fourth-order valence-electron chi connectivity index (χ4n) is 1.87. The Bertz CT molecular complexity index is 370. The van der Waals surface area contributed by atoms with Gasteiger partial charge in [0.1, 0.15) is 0 Å². The molecule has 3 atom stereocenters. The Hall–Kier alpha value is -0.860. The first-order valence-corrected chi connectivity index (χ1v) is 6.96. The molecule has 0 saturated carbocycles. The van der Waals surface area contributed by atoms with E-state index in [1.165, 1.54) is 0 Å². The topological polar surface area (TPSA) is 96.5 Å². The molecule has 1 amide bonds. The zero-order valence-corrected chi connectivity index (χ0v) is 11.0.